The van der Waals surface area contributed by atoms with Crippen molar-refractivity contribution in [1.29, 1.82) is 0 Å². The standard InChI is InChI=1S/C19H23N5O2S/c1-13-5-3-6-14(2)18(13)23(10-17(25)26)12-21-15-7-4-8-16(9-15)24-19(27)20-11-22-24/h3-9,11,19,21,27H,10,12H2,1-2H3,(H,20,22)(H,25,26). The molecule has 0 aromatic heterocycles. The van der Waals surface area contributed by atoms with Gasteiger partial charge in [-0.1, -0.05) is 24.3 Å². The maximum atomic E-state index is 11.4. The summed E-state index contributed by atoms with van der Waals surface area (Å²) in [5.74, 6) is -0.871. The van der Waals surface area contributed by atoms with Crippen molar-refractivity contribution < 1.29 is 9.90 Å². The summed E-state index contributed by atoms with van der Waals surface area (Å²) < 4.78 is 0. The minimum Gasteiger partial charge on any atom is -0.480 e. The number of aryl methyl sites for hydroxylation is 2. The molecule has 142 valence electrons. The van der Waals surface area contributed by atoms with Gasteiger partial charge < -0.3 is 15.3 Å². The van der Waals surface area contributed by atoms with Crippen LogP contribution in [0.4, 0.5) is 17.1 Å². The molecule has 3 N–H and O–H groups in total. The third kappa shape index (κ3) is 4.46. The quantitative estimate of drug-likeness (QED) is 0.434. The molecule has 1 unspecified atom stereocenters. The molecule has 0 saturated carbocycles. The van der Waals surface area contributed by atoms with Crippen molar-refractivity contribution >= 4 is 42.0 Å². The molecule has 2 aromatic carbocycles. The second-order valence-corrected chi connectivity index (χ2v) is 6.80. The zero-order valence-corrected chi connectivity index (χ0v) is 16.1. The highest BCUT2D eigenvalue weighted by Gasteiger charge is 2.18. The van der Waals surface area contributed by atoms with Gasteiger partial charge in [0.1, 0.15) is 12.9 Å². The van der Waals surface area contributed by atoms with Crippen LogP contribution in [0.5, 0.6) is 0 Å². The van der Waals surface area contributed by atoms with Gasteiger partial charge in [-0.2, -0.15) is 0 Å². The molecule has 0 saturated heterocycles. The van der Waals surface area contributed by atoms with E-state index in [1.54, 1.807) is 6.34 Å². The summed E-state index contributed by atoms with van der Waals surface area (Å²) in [5, 5.41) is 14.5. The normalized spacial score (nSPS) is 15.5. The van der Waals surface area contributed by atoms with Gasteiger partial charge in [0.15, 0.2) is 5.50 Å². The number of carbonyl (C=O) groups is 1. The van der Waals surface area contributed by atoms with E-state index in [0.717, 1.165) is 28.2 Å². The molecule has 27 heavy (non-hydrogen) atoms. The van der Waals surface area contributed by atoms with Gasteiger partial charge in [-0.25, -0.2) is 4.99 Å². The molecular formula is C19H23N5O2S. The second kappa shape index (κ2) is 8.22. The fraction of sp³-hybridized carbons (Fsp3) is 0.263. The number of hydrogen-bond donors (Lipinski definition) is 4. The summed E-state index contributed by atoms with van der Waals surface area (Å²) >= 11 is 4.40. The van der Waals surface area contributed by atoms with Crippen LogP contribution in [0.2, 0.25) is 0 Å². The predicted molar refractivity (Wildman–Crippen MR) is 113 cm³/mol. The van der Waals surface area contributed by atoms with Crippen molar-refractivity contribution in [2.75, 3.05) is 28.4 Å². The van der Waals surface area contributed by atoms with E-state index in [9.17, 15) is 9.90 Å². The number of nitrogens with zero attached hydrogens (tertiary/aromatic N) is 3. The summed E-state index contributed by atoms with van der Waals surface area (Å²) in [7, 11) is 0. The van der Waals surface area contributed by atoms with E-state index in [0.29, 0.717) is 6.67 Å². The number of benzene rings is 2. The first kappa shape index (κ1) is 18.9. The summed E-state index contributed by atoms with van der Waals surface area (Å²) in [5.41, 5.74) is 7.57. The number of carboxylic acid groups (broad SMARTS) is 1. The van der Waals surface area contributed by atoms with Crippen LogP contribution in [-0.2, 0) is 4.79 Å². The Morgan fingerprint density at radius 3 is 2.63 bits per heavy atom. The number of carboxylic acids is 1. The number of nitrogens with one attached hydrogen (secondary N) is 2. The molecule has 3 rings (SSSR count). The van der Waals surface area contributed by atoms with Gasteiger partial charge in [-0.15, -0.1) is 12.6 Å². The average molecular weight is 385 g/mol. The van der Waals surface area contributed by atoms with Gasteiger partial charge in [-0.05, 0) is 43.2 Å². The average Bonchev–Trinajstić information content (AvgIpc) is 3.05. The molecule has 0 fully saturated rings. The van der Waals surface area contributed by atoms with Crippen molar-refractivity contribution in [3.63, 3.8) is 0 Å². The van der Waals surface area contributed by atoms with Gasteiger partial charge >= 0.3 is 5.97 Å². The third-order valence-corrected chi connectivity index (χ3v) is 4.68. The first-order valence-electron chi connectivity index (χ1n) is 8.57. The van der Waals surface area contributed by atoms with Crippen molar-refractivity contribution in [3.8, 4) is 0 Å². The van der Waals surface area contributed by atoms with Crippen LogP contribution >= 0.6 is 12.6 Å². The van der Waals surface area contributed by atoms with Gasteiger partial charge in [0.05, 0.1) is 12.4 Å². The molecule has 1 atom stereocenters. The fourth-order valence-electron chi connectivity index (χ4n) is 3.14. The first-order valence-corrected chi connectivity index (χ1v) is 9.09. The lowest BCUT2D eigenvalue weighted by Gasteiger charge is -2.27. The highest BCUT2D eigenvalue weighted by molar-refractivity contribution is 7.81. The minimum absolute atomic E-state index is 0.0847. The lowest BCUT2D eigenvalue weighted by atomic mass is 10.1. The number of rotatable bonds is 7. The maximum Gasteiger partial charge on any atom is 0.323 e. The predicted octanol–water partition coefficient (Wildman–Crippen LogP) is 2.83. The van der Waals surface area contributed by atoms with Crippen LogP contribution < -0.4 is 20.7 Å². The molecule has 0 amide bonds. The lowest BCUT2D eigenvalue weighted by Crippen LogP contribution is -2.36. The Morgan fingerprint density at radius 1 is 1.30 bits per heavy atom. The molecule has 1 aliphatic rings. The molecule has 1 heterocycles. The molecule has 0 radical (unpaired) electrons. The van der Waals surface area contributed by atoms with Gasteiger partial charge in [0.25, 0.3) is 0 Å². The van der Waals surface area contributed by atoms with Crippen LogP contribution in [-0.4, -0.2) is 36.1 Å². The summed E-state index contributed by atoms with van der Waals surface area (Å²) in [6.07, 6.45) is 1.60. The Bertz CT molecular complexity index is 837. The number of hydrogen-bond acceptors (Lipinski definition) is 7. The fourth-order valence-corrected chi connectivity index (χ4v) is 3.40. The molecule has 0 spiro atoms. The van der Waals surface area contributed by atoms with Crippen LogP contribution in [0.15, 0.2) is 47.5 Å². The van der Waals surface area contributed by atoms with E-state index in [2.05, 4.69) is 28.4 Å². The van der Waals surface area contributed by atoms with Gasteiger partial charge in [0, 0.05) is 11.4 Å². The minimum atomic E-state index is -0.871. The highest BCUT2D eigenvalue weighted by Crippen LogP contribution is 2.26. The monoisotopic (exact) mass is 385 g/mol. The Morgan fingerprint density at radius 2 is 2.00 bits per heavy atom. The van der Waals surface area contributed by atoms with E-state index in [1.807, 2.05) is 66.2 Å². The van der Waals surface area contributed by atoms with E-state index in [1.165, 1.54) is 0 Å². The number of para-hydroxylation sites is 1. The molecule has 0 bridgehead atoms. The highest BCUT2D eigenvalue weighted by atomic mass is 32.1. The Balaban J connectivity index is 1.77. The zero-order valence-electron chi connectivity index (χ0n) is 15.3. The Hall–Kier alpha value is -2.87. The number of hydrazine groups is 1. The molecule has 1 aliphatic heterocycles. The number of aliphatic imine (C=N–C) groups is 1. The van der Waals surface area contributed by atoms with Crippen molar-refractivity contribution in [2.45, 2.75) is 19.3 Å². The first-order chi connectivity index (χ1) is 13.0. The zero-order chi connectivity index (χ0) is 19.4. The topological polar surface area (TPSA) is 80.2 Å². The number of aliphatic carboxylic acids is 1. The second-order valence-electron chi connectivity index (χ2n) is 6.34. The molecule has 2 aromatic rings. The summed E-state index contributed by atoms with van der Waals surface area (Å²) in [4.78, 5) is 17.4. The summed E-state index contributed by atoms with van der Waals surface area (Å²) in [6.45, 7) is 4.27. The third-order valence-electron chi connectivity index (χ3n) is 4.32. The smallest absolute Gasteiger partial charge is 0.323 e. The van der Waals surface area contributed by atoms with Crippen molar-refractivity contribution in [2.24, 2.45) is 4.99 Å². The number of anilines is 3. The van der Waals surface area contributed by atoms with E-state index in [-0.39, 0.29) is 12.0 Å². The van der Waals surface area contributed by atoms with E-state index < -0.39 is 5.97 Å². The van der Waals surface area contributed by atoms with Crippen LogP contribution in [0.25, 0.3) is 0 Å². The Labute approximate surface area is 164 Å². The van der Waals surface area contributed by atoms with E-state index in [4.69, 9.17) is 0 Å². The van der Waals surface area contributed by atoms with Crippen molar-refractivity contribution in [1.82, 2.24) is 5.43 Å². The molecule has 0 aliphatic carbocycles. The van der Waals surface area contributed by atoms with E-state index >= 15 is 0 Å². The maximum absolute atomic E-state index is 11.4. The van der Waals surface area contributed by atoms with Gasteiger partial charge in [0.2, 0.25) is 0 Å². The van der Waals surface area contributed by atoms with Crippen LogP contribution in [0, 0.1) is 13.8 Å². The van der Waals surface area contributed by atoms with Crippen LogP contribution in [0.1, 0.15) is 11.1 Å². The van der Waals surface area contributed by atoms with Crippen LogP contribution in [0.3, 0.4) is 0 Å². The number of thiol groups is 1. The van der Waals surface area contributed by atoms with Gasteiger partial charge in [-0.3, -0.25) is 15.2 Å². The molecule has 8 heteroatoms. The summed E-state index contributed by atoms with van der Waals surface area (Å²) in [6, 6.07) is 13.7. The lowest BCUT2D eigenvalue weighted by molar-refractivity contribution is -0.135. The van der Waals surface area contributed by atoms with Crippen molar-refractivity contribution in [3.05, 3.63) is 53.6 Å². The molecular weight excluding hydrogens is 362 g/mol. The SMILES string of the molecule is Cc1cccc(C)c1N(CNc1cccc(N2NC=NC2S)c1)CC(=O)O. The Kier molecular flexibility index (Phi) is 5.75. The molecule has 7 nitrogen and oxygen atoms in total. The largest absolute Gasteiger partial charge is 0.480 e.